The van der Waals surface area contributed by atoms with Crippen LogP contribution < -0.4 is 10.4 Å². The van der Waals surface area contributed by atoms with Gasteiger partial charge in [0.25, 0.3) is 5.91 Å². The molecule has 1 heterocycles. The van der Waals surface area contributed by atoms with E-state index >= 15 is 0 Å². The Kier molecular flexibility index (Phi) is 3.52. The minimum absolute atomic E-state index is 0.179. The third-order valence-electron chi connectivity index (χ3n) is 4.60. The van der Waals surface area contributed by atoms with Crippen molar-refractivity contribution in [1.29, 1.82) is 0 Å². The average molecular weight is 281 g/mol. The molecule has 2 fully saturated rings. The second kappa shape index (κ2) is 4.75. The summed E-state index contributed by atoms with van der Waals surface area (Å²) >= 11 is 0. The lowest BCUT2D eigenvalue weighted by Crippen LogP contribution is -2.51. The van der Waals surface area contributed by atoms with Gasteiger partial charge in [-0.2, -0.15) is 0 Å². The van der Waals surface area contributed by atoms with E-state index in [2.05, 4.69) is 26.1 Å². The average Bonchev–Trinajstić information content (AvgIpc) is 2.53. The third-order valence-corrected chi connectivity index (χ3v) is 4.60. The Morgan fingerprint density at radius 3 is 2.35 bits per heavy atom. The summed E-state index contributed by atoms with van der Waals surface area (Å²) < 4.78 is 0. The van der Waals surface area contributed by atoms with Gasteiger partial charge in [0.15, 0.2) is 0 Å². The normalized spacial score (nSPS) is 30.8. The van der Waals surface area contributed by atoms with Crippen molar-refractivity contribution in [3.63, 3.8) is 0 Å². The van der Waals surface area contributed by atoms with E-state index in [0.717, 1.165) is 17.7 Å². The molecular weight excluding hydrogens is 260 g/mol. The van der Waals surface area contributed by atoms with Gasteiger partial charge in [0.2, 0.25) is 0 Å². The quantitative estimate of drug-likeness (QED) is 0.735. The summed E-state index contributed by atoms with van der Waals surface area (Å²) in [7, 11) is 0. The molecule has 0 unspecified atom stereocenters. The highest BCUT2D eigenvalue weighted by Gasteiger charge is 2.53. The lowest BCUT2D eigenvalue weighted by molar-refractivity contribution is -0.305. The minimum atomic E-state index is -1.42. The van der Waals surface area contributed by atoms with E-state index in [0.29, 0.717) is 18.8 Å². The molecule has 0 atom stereocenters. The monoisotopic (exact) mass is 281 g/mol. The number of hydrogen-bond donors (Lipinski definition) is 1. The Labute approximate surface area is 118 Å². The van der Waals surface area contributed by atoms with Crippen molar-refractivity contribution in [3.05, 3.63) is 0 Å². The Bertz CT molecular complexity index is 445. The number of carboxylic acids is 1. The first kappa shape index (κ1) is 14.8. The van der Waals surface area contributed by atoms with Crippen LogP contribution in [0.1, 0.15) is 46.5 Å². The zero-order chi connectivity index (χ0) is 15.1. The Morgan fingerprint density at radius 2 is 1.90 bits per heavy atom. The Morgan fingerprint density at radius 1 is 1.35 bits per heavy atom. The molecule has 20 heavy (non-hydrogen) atoms. The van der Waals surface area contributed by atoms with Gasteiger partial charge in [0, 0.05) is 0 Å². The van der Waals surface area contributed by atoms with Crippen molar-refractivity contribution < 1.29 is 19.5 Å². The zero-order valence-corrected chi connectivity index (χ0v) is 12.2. The summed E-state index contributed by atoms with van der Waals surface area (Å²) in [6, 6.07) is -0.617. The van der Waals surface area contributed by atoms with Crippen LogP contribution >= 0.6 is 0 Å². The predicted molar refractivity (Wildman–Crippen MR) is 69.4 cm³/mol. The van der Waals surface area contributed by atoms with E-state index in [9.17, 15) is 19.5 Å². The maximum Gasteiger partial charge on any atom is 0.325 e. The summed E-state index contributed by atoms with van der Waals surface area (Å²) in [5, 5.41) is 13.3. The van der Waals surface area contributed by atoms with Crippen LogP contribution in [0.25, 0.3) is 0 Å². The molecule has 3 amide bonds. The number of carbonyl (C=O) groups excluding carboxylic acids is 3. The molecule has 2 rings (SSSR count). The van der Waals surface area contributed by atoms with Crippen LogP contribution in [0.15, 0.2) is 0 Å². The predicted octanol–water partition coefficient (Wildman–Crippen LogP) is 0.263. The smallest absolute Gasteiger partial charge is 0.325 e. The number of nitrogens with zero attached hydrogens (tertiary/aromatic N) is 1. The van der Waals surface area contributed by atoms with Gasteiger partial charge in [-0.3, -0.25) is 9.69 Å². The fraction of sp³-hybridized carbons (Fsp3) is 0.786. The molecule has 0 bridgehead atoms. The molecule has 1 aliphatic heterocycles. The number of urea groups is 1. The van der Waals surface area contributed by atoms with Gasteiger partial charge >= 0.3 is 6.03 Å². The molecule has 2 aliphatic rings. The van der Waals surface area contributed by atoms with E-state index in [-0.39, 0.29) is 5.41 Å². The number of imide groups is 1. The number of hydrogen-bond acceptors (Lipinski definition) is 4. The van der Waals surface area contributed by atoms with Crippen molar-refractivity contribution >= 4 is 17.9 Å². The number of aliphatic carboxylic acids is 1. The first-order chi connectivity index (χ1) is 9.16. The van der Waals surface area contributed by atoms with E-state index in [1.807, 2.05) is 0 Å². The van der Waals surface area contributed by atoms with Crippen LogP contribution in [-0.2, 0) is 9.59 Å². The number of nitrogens with one attached hydrogen (secondary N) is 1. The summed E-state index contributed by atoms with van der Waals surface area (Å²) in [5.41, 5.74) is -0.716. The van der Waals surface area contributed by atoms with Gasteiger partial charge in [-0.1, -0.05) is 20.8 Å². The third kappa shape index (κ3) is 2.51. The zero-order valence-electron chi connectivity index (χ0n) is 12.2. The van der Waals surface area contributed by atoms with Crippen molar-refractivity contribution in [1.82, 2.24) is 10.2 Å². The summed E-state index contributed by atoms with van der Waals surface area (Å²) in [4.78, 5) is 35.5. The molecule has 1 N–H and O–H groups in total. The minimum Gasteiger partial charge on any atom is -0.548 e. The van der Waals surface area contributed by atoms with Crippen molar-refractivity contribution in [2.45, 2.75) is 52.0 Å². The molecule has 1 spiro atoms. The van der Waals surface area contributed by atoms with Crippen LogP contribution in [0.2, 0.25) is 0 Å². The van der Waals surface area contributed by atoms with E-state index in [1.54, 1.807) is 0 Å². The standard InChI is InChI=1S/C14H22N2O4/c1-13(2,3)9-4-6-14(7-5-9)11(19)16(8-10(17)18)12(20)15-14/h9H,4-8H2,1-3H3,(H,15,20)(H,17,18)/p-1. The van der Waals surface area contributed by atoms with Crippen molar-refractivity contribution in [3.8, 4) is 0 Å². The highest BCUT2D eigenvalue weighted by molar-refractivity contribution is 6.08. The SMILES string of the molecule is CC(C)(C)C1CCC2(CC1)NC(=O)N(CC(=O)[O-])C2=O. The second-order valence-corrected chi connectivity index (χ2v) is 6.92. The molecule has 1 saturated carbocycles. The summed E-state index contributed by atoms with van der Waals surface area (Å²) in [6.07, 6.45) is 2.86. The lowest BCUT2D eigenvalue weighted by Gasteiger charge is -2.40. The Hall–Kier alpha value is -1.59. The van der Waals surface area contributed by atoms with Gasteiger partial charge in [-0.25, -0.2) is 4.79 Å². The number of rotatable bonds is 2. The molecule has 0 aromatic heterocycles. The van der Waals surface area contributed by atoms with E-state index < -0.39 is 30.0 Å². The molecule has 1 aliphatic carbocycles. The van der Waals surface area contributed by atoms with Gasteiger partial charge in [0.1, 0.15) is 5.54 Å². The van der Waals surface area contributed by atoms with Crippen molar-refractivity contribution in [2.24, 2.45) is 11.3 Å². The second-order valence-electron chi connectivity index (χ2n) is 6.92. The largest absolute Gasteiger partial charge is 0.548 e. The van der Waals surface area contributed by atoms with E-state index in [1.165, 1.54) is 0 Å². The van der Waals surface area contributed by atoms with Crippen LogP contribution in [0.4, 0.5) is 4.79 Å². The molecule has 0 aromatic rings. The van der Waals surface area contributed by atoms with Crippen molar-refractivity contribution in [2.75, 3.05) is 6.54 Å². The number of amides is 3. The molecule has 0 radical (unpaired) electrons. The Balaban J connectivity index is 2.09. The van der Waals surface area contributed by atoms with Crippen LogP contribution in [-0.4, -0.2) is 34.9 Å². The fourth-order valence-corrected chi connectivity index (χ4v) is 3.26. The highest BCUT2D eigenvalue weighted by Crippen LogP contribution is 2.43. The fourth-order valence-electron chi connectivity index (χ4n) is 3.26. The summed E-state index contributed by atoms with van der Waals surface area (Å²) in [5.74, 6) is -1.33. The van der Waals surface area contributed by atoms with Gasteiger partial charge in [0.05, 0.1) is 12.5 Å². The molecule has 112 valence electrons. The number of carbonyl (C=O) groups is 3. The summed E-state index contributed by atoms with van der Waals surface area (Å²) in [6.45, 7) is 5.85. The molecule has 6 heteroatoms. The van der Waals surface area contributed by atoms with Gasteiger partial charge < -0.3 is 15.2 Å². The van der Waals surface area contributed by atoms with Crippen LogP contribution in [0, 0.1) is 11.3 Å². The maximum absolute atomic E-state index is 12.3. The van der Waals surface area contributed by atoms with E-state index in [4.69, 9.17) is 0 Å². The highest BCUT2D eigenvalue weighted by atomic mass is 16.4. The van der Waals surface area contributed by atoms with Gasteiger partial charge in [-0.15, -0.1) is 0 Å². The molecule has 0 aromatic carbocycles. The first-order valence-corrected chi connectivity index (χ1v) is 7.00. The van der Waals surface area contributed by atoms with Crippen LogP contribution in [0.5, 0.6) is 0 Å². The number of carboxylic acid groups (broad SMARTS) is 1. The molecular formula is C14H21N2O4-. The lowest BCUT2D eigenvalue weighted by atomic mass is 9.67. The van der Waals surface area contributed by atoms with Gasteiger partial charge in [-0.05, 0) is 37.0 Å². The maximum atomic E-state index is 12.3. The molecule has 6 nitrogen and oxygen atoms in total. The van der Waals surface area contributed by atoms with Crippen LogP contribution in [0.3, 0.4) is 0 Å². The topological polar surface area (TPSA) is 89.5 Å². The first-order valence-electron chi connectivity index (χ1n) is 7.00. The molecule has 1 saturated heterocycles.